The zero-order valence-corrected chi connectivity index (χ0v) is 19.8. The summed E-state index contributed by atoms with van der Waals surface area (Å²) in [5.41, 5.74) is 2.12. The van der Waals surface area contributed by atoms with Crippen molar-refractivity contribution in [3.63, 3.8) is 0 Å². The van der Waals surface area contributed by atoms with Gasteiger partial charge in [-0.2, -0.15) is 5.10 Å². The largest absolute Gasteiger partial charge is 0.493 e. The van der Waals surface area contributed by atoms with Gasteiger partial charge in [-0.25, -0.2) is 0 Å². The molecule has 1 aromatic heterocycles. The second kappa shape index (κ2) is 10.7. The van der Waals surface area contributed by atoms with Gasteiger partial charge in [-0.15, -0.1) is 0 Å². The van der Waals surface area contributed by atoms with Gasteiger partial charge in [0.1, 0.15) is 0 Å². The molecule has 0 bridgehead atoms. The summed E-state index contributed by atoms with van der Waals surface area (Å²) in [5, 5.41) is 12.1. The molecule has 0 aliphatic rings. The molecule has 0 unspecified atom stereocenters. The van der Waals surface area contributed by atoms with Crippen molar-refractivity contribution in [3.05, 3.63) is 69.3 Å². The third-order valence-electron chi connectivity index (χ3n) is 4.39. The van der Waals surface area contributed by atoms with Gasteiger partial charge < -0.3 is 20.1 Å². The summed E-state index contributed by atoms with van der Waals surface area (Å²) in [4.78, 5) is 0. The fraction of sp³-hybridized carbons (Fsp3) is 0.238. The van der Waals surface area contributed by atoms with E-state index in [2.05, 4.69) is 31.7 Å². The van der Waals surface area contributed by atoms with Gasteiger partial charge in [-0.1, -0.05) is 35.9 Å². The molecule has 0 spiro atoms. The van der Waals surface area contributed by atoms with Gasteiger partial charge in [0.05, 0.1) is 25.2 Å². The smallest absolute Gasteiger partial charge is 0.172 e. The number of rotatable bonds is 8. The molecule has 0 fully saturated rings. The van der Waals surface area contributed by atoms with E-state index in [9.17, 15) is 0 Å². The number of nitrogens with zero attached hydrogens (tertiary/aromatic N) is 2. The van der Waals surface area contributed by atoms with Gasteiger partial charge >= 0.3 is 0 Å². The van der Waals surface area contributed by atoms with E-state index in [0.717, 1.165) is 22.0 Å². The molecule has 158 valence electrons. The standard InChI is InChI=1S/C21H22BrClN4O2S/c1-28-18-8-7-14(11-19(18)29-2)9-10-24-21(30)25-20-16(22)13-27(26-20)12-15-5-3-4-6-17(15)23/h3-8,11,13H,9-10,12H2,1-2H3,(H2,24,25,26,30). The second-order valence-corrected chi connectivity index (χ2v) is 8.10. The van der Waals surface area contributed by atoms with E-state index in [0.29, 0.717) is 40.5 Å². The van der Waals surface area contributed by atoms with Crippen LogP contribution in [0.5, 0.6) is 11.5 Å². The lowest BCUT2D eigenvalue weighted by Gasteiger charge is -2.11. The summed E-state index contributed by atoms with van der Waals surface area (Å²) in [7, 11) is 3.25. The van der Waals surface area contributed by atoms with Gasteiger partial charge in [0.15, 0.2) is 22.4 Å². The predicted octanol–water partition coefficient (Wildman–Crippen LogP) is 4.89. The quantitative estimate of drug-likeness (QED) is 0.422. The number of aromatic nitrogens is 2. The van der Waals surface area contributed by atoms with Crippen molar-refractivity contribution in [2.75, 3.05) is 26.1 Å². The van der Waals surface area contributed by atoms with Gasteiger partial charge in [-0.3, -0.25) is 4.68 Å². The molecular weight excluding hydrogens is 488 g/mol. The van der Waals surface area contributed by atoms with E-state index in [1.165, 1.54) is 0 Å². The summed E-state index contributed by atoms with van der Waals surface area (Å²) < 4.78 is 13.2. The molecule has 2 aromatic carbocycles. The zero-order valence-electron chi connectivity index (χ0n) is 16.6. The molecule has 2 N–H and O–H groups in total. The van der Waals surface area contributed by atoms with Crippen molar-refractivity contribution in [2.24, 2.45) is 0 Å². The number of halogens is 2. The first-order valence-corrected chi connectivity index (χ1v) is 10.8. The van der Waals surface area contributed by atoms with Crippen LogP contribution in [0.3, 0.4) is 0 Å². The van der Waals surface area contributed by atoms with Crippen molar-refractivity contribution in [2.45, 2.75) is 13.0 Å². The van der Waals surface area contributed by atoms with Crippen molar-refractivity contribution < 1.29 is 9.47 Å². The molecule has 9 heteroatoms. The maximum atomic E-state index is 6.23. The Kier molecular flexibility index (Phi) is 7.95. The number of hydrogen-bond acceptors (Lipinski definition) is 4. The third-order valence-corrected chi connectivity index (χ3v) is 5.58. The third kappa shape index (κ3) is 5.87. The Hall–Kier alpha value is -2.29. The van der Waals surface area contributed by atoms with Crippen LogP contribution in [0, 0.1) is 0 Å². The molecule has 0 saturated heterocycles. The predicted molar refractivity (Wildman–Crippen MR) is 128 cm³/mol. The molecule has 0 atom stereocenters. The lowest BCUT2D eigenvalue weighted by atomic mass is 10.1. The van der Waals surface area contributed by atoms with Crippen LogP contribution in [-0.2, 0) is 13.0 Å². The van der Waals surface area contributed by atoms with Crippen molar-refractivity contribution in [1.82, 2.24) is 15.1 Å². The Morgan fingerprint density at radius 1 is 1.17 bits per heavy atom. The lowest BCUT2D eigenvalue weighted by Crippen LogP contribution is -2.30. The summed E-state index contributed by atoms with van der Waals surface area (Å²) in [5.74, 6) is 2.07. The Morgan fingerprint density at radius 2 is 1.93 bits per heavy atom. The van der Waals surface area contributed by atoms with Crippen LogP contribution in [0.1, 0.15) is 11.1 Å². The highest BCUT2D eigenvalue weighted by molar-refractivity contribution is 9.10. The average molecular weight is 510 g/mol. The van der Waals surface area contributed by atoms with E-state index < -0.39 is 0 Å². The molecule has 0 aliphatic heterocycles. The van der Waals surface area contributed by atoms with Gasteiger partial charge in [-0.05, 0) is 63.9 Å². The normalized spacial score (nSPS) is 10.5. The van der Waals surface area contributed by atoms with Gasteiger partial charge in [0.25, 0.3) is 0 Å². The Morgan fingerprint density at radius 3 is 2.67 bits per heavy atom. The highest BCUT2D eigenvalue weighted by Gasteiger charge is 2.10. The van der Waals surface area contributed by atoms with Crippen molar-refractivity contribution >= 4 is 50.7 Å². The molecule has 1 heterocycles. The minimum atomic E-state index is 0.499. The molecule has 0 amide bonds. The van der Waals surface area contributed by atoms with Crippen LogP contribution in [-0.4, -0.2) is 35.7 Å². The summed E-state index contributed by atoms with van der Waals surface area (Å²) in [6.45, 7) is 1.23. The molecule has 0 saturated carbocycles. The van der Waals surface area contributed by atoms with Crippen LogP contribution in [0.4, 0.5) is 5.82 Å². The fourth-order valence-corrected chi connectivity index (χ4v) is 3.68. The zero-order chi connectivity index (χ0) is 21.5. The summed E-state index contributed by atoms with van der Waals surface area (Å²) in [6.07, 6.45) is 2.67. The fourth-order valence-electron chi connectivity index (χ4n) is 2.87. The number of thiocarbonyl (C=S) groups is 1. The molecule has 0 radical (unpaired) electrons. The first-order valence-electron chi connectivity index (χ1n) is 9.22. The molecule has 3 rings (SSSR count). The molecule has 30 heavy (non-hydrogen) atoms. The average Bonchev–Trinajstić information content (AvgIpc) is 3.08. The van der Waals surface area contributed by atoms with Crippen LogP contribution < -0.4 is 20.1 Å². The minimum Gasteiger partial charge on any atom is -0.493 e. The van der Waals surface area contributed by atoms with Gasteiger partial charge in [0, 0.05) is 17.8 Å². The number of hydrogen-bond donors (Lipinski definition) is 2. The maximum Gasteiger partial charge on any atom is 0.172 e. The van der Waals surface area contributed by atoms with E-state index in [1.54, 1.807) is 18.9 Å². The first-order chi connectivity index (χ1) is 14.5. The van der Waals surface area contributed by atoms with E-state index in [1.807, 2.05) is 48.7 Å². The van der Waals surface area contributed by atoms with E-state index >= 15 is 0 Å². The molecule has 0 aliphatic carbocycles. The number of benzene rings is 2. The van der Waals surface area contributed by atoms with Crippen LogP contribution in [0.2, 0.25) is 5.02 Å². The maximum absolute atomic E-state index is 6.23. The number of nitrogens with one attached hydrogen (secondary N) is 2. The molecule has 6 nitrogen and oxygen atoms in total. The Bertz CT molecular complexity index is 1030. The van der Waals surface area contributed by atoms with E-state index in [-0.39, 0.29) is 0 Å². The number of methoxy groups -OCH3 is 2. The van der Waals surface area contributed by atoms with Crippen LogP contribution in [0.15, 0.2) is 53.1 Å². The van der Waals surface area contributed by atoms with Crippen LogP contribution in [0.25, 0.3) is 0 Å². The number of anilines is 1. The highest BCUT2D eigenvalue weighted by atomic mass is 79.9. The Balaban J connectivity index is 1.53. The first kappa shape index (κ1) is 22.4. The second-order valence-electron chi connectivity index (χ2n) is 6.43. The summed E-state index contributed by atoms with van der Waals surface area (Å²) in [6, 6.07) is 13.6. The Labute approximate surface area is 194 Å². The van der Waals surface area contributed by atoms with Crippen LogP contribution >= 0.6 is 39.7 Å². The lowest BCUT2D eigenvalue weighted by molar-refractivity contribution is 0.354. The number of ether oxygens (including phenoxy) is 2. The van der Waals surface area contributed by atoms with E-state index in [4.69, 9.17) is 33.3 Å². The topological polar surface area (TPSA) is 60.3 Å². The molecule has 3 aromatic rings. The molecular formula is C21H22BrClN4O2S. The van der Waals surface area contributed by atoms with Gasteiger partial charge in [0.2, 0.25) is 0 Å². The highest BCUT2D eigenvalue weighted by Crippen LogP contribution is 2.27. The summed E-state index contributed by atoms with van der Waals surface area (Å²) >= 11 is 15.2. The van der Waals surface area contributed by atoms with Crippen molar-refractivity contribution in [1.29, 1.82) is 0 Å². The minimum absolute atomic E-state index is 0.499. The monoisotopic (exact) mass is 508 g/mol. The van der Waals surface area contributed by atoms with Crippen molar-refractivity contribution in [3.8, 4) is 11.5 Å². The SMILES string of the molecule is COc1ccc(CCNC(=S)Nc2nn(Cc3ccccc3Cl)cc2Br)cc1OC.